The van der Waals surface area contributed by atoms with E-state index in [1.54, 1.807) is 7.11 Å². The SMILES string of the molecule is COc1c(C(C)(C)C)c[c]([Mg][Cl])cc1C(C)(C)C. The van der Waals surface area contributed by atoms with Crippen molar-refractivity contribution in [2.24, 2.45) is 0 Å². The lowest BCUT2D eigenvalue weighted by molar-refractivity contribution is 0.382. The first-order valence-corrected chi connectivity index (χ1v) is 9.23. The maximum Gasteiger partial charge on any atom is 0.538 e. The third kappa shape index (κ3) is 3.55. The highest BCUT2D eigenvalue weighted by molar-refractivity contribution is 7.01. The van der Waals surface area contributed by atoms with Crippen LogP contribution in [0.2, 0.25) is 0 Å². The topological polar surface area (TPSA) is 9.23 Å². The summed E-state index contributed by atoms with van der Waals surface area (Å²) in [6, 6.07) is 4.46. The van der Waals surface area contributed by atoms with Crippen molar-refractivity contribution < 1.29 is 4.74 Å². The van der Waals surface area contributed by atoms with E-state index < -0.39 is 19.3 Å². The standard InChI is InChI=1S/C15H23O.ClH.Mg/c1-14(2,3)11-9-8-10-12(13(11)16-7)15(4,5)6;;/h9-10H,1-7H3;1H;/q;;+1/p-1. The third-order valence-corrected chi connectivity index (χ3v) is 4.77. The van der Waals surface area contributed by atoms with E-state index in [9.17, 15) is 0 Å². The van der Waals surface area contributed by atoms with E-state index in [1.807, 2.05) is 0 Å². The Hall–Kier alpha value is 0.0762. The fraction of sp³-hybridized carbons (Fsp3) is 0.600. The van der Waals surface area contributed by atoms with Gasteiger partial charge in [-0.1, -0.05) is 53.7 Å². The zero-order chi connectivity index (χ0) is 14.1. The van der Waals surface area contributed by atoms with Gasteiger partial charge in [0.1, 0.15) is 5.75 Å². The molecule has 0 atom stereocenters. The van der Waals surface area contributed by atoms with Crippen molar-refractivity contribution in [3.8, 4) is 5.75 Å². The summed E-state index contributed by atoms with van der Waals surface area (Å²) in [5.74, 6) is 1.03. The van der Waals surface area contributed by atoms with Gasteiger partial charge >= 0.3 is 19.3 Å². The number of halogens is 1. The summed E-state index contributed by atoms with van der Waals surface area (Å²) in [5.41, 5.74) is 2.67. The number of ether oxygens (including phenoxy) is 1. The summed E-state index contributed by atoms with van der Waals surface area (Å²) >= 11 is -0.674. The predicted octanol–water partition coefficient (Wildman–Crippen LogP) is 3.77. The molecule has 0 aromatic heterocycles. The van der Waals surface area contributed by atoms with Crippen molar-refractivity contribution >= 4 is 32.0 Å². The Morgan fingerprint density at radius 2 is 1.33 bits per heavy atom. The number of methoxy groups -OCH3 is 1. The molecule has 1 aromatic rings. The Bertz CT molecular complexity index is 392. The molecule has 0 aliphatic carbocycles. The second-order valence-electron chi connectivity index (χ2n) is 6.86. The van der Waals surface area contributed by atoms with Crippen molar-refractivity contribution in [3.63, 3.8) is 0 Å². The molecule has 18 heavy (non-hydrogen) atoms. The maximum absolute atomic E-state index is 6.16. The van der Waals surface area contributed by atoms with Gasteiger partial charge in [-0.3, -0.25) is 0 Å². The normalized spacial score (nSPS) is 12.2. The smallest absolute Gasteiger partial charge is 0.496 e. The Kier molecular flexibility index (Phi) is 5.02. The first-order valence-electron chi connectivity index (χ1n) is 6.39. The van der Waals surface area contributed by atoms with E-state index in [0.717, 1.165) is 5.75 Å². The highest BCUT2D eigenvalue weighted by Crippen LogP contribution is 2.38. The molecule has 0 spiro atoms. The summed E-state index contributed by atoms with van der Waals surface area (Å²) in [4.78, 5) is 0. The first-order chi connectivity index (χ1) is 8.11. The lowest BCUT2D eigenvalue weighted by atomic mass is 9.79. The minimum absolute atomic E-state index is 0.0712. The van der Waals surface area contributed by atoms with Gasteiger partial charge in [-0.15, -0.1) is 3.69 Å². The lowest BCUT2D eigenvalue weighted by Crippen LogP contribution is -2.24. The number of hydrogen-bond acceptors (Lipinski definition) is 1. The van der Waals surface area contributed by atoms with Crippen molar-refractivity contribution in [1.29, 1.82) is 0 Å². The number of hydrogen-bond donors (Lipinski definition) is 0. The minimum Gasteiger partial charge on any atom is -0.496 e. The first kappa shape index (κ1) is 16.1. The van der Waals surface area contributed by atoms with Crippen molar-refractivity contribution in [2.75, 3.05) is 7.11 Å². The van der Waals surface area contributed by atoms with Gasteiger partial charge in [-0.2, -0.15) is 0 Å². The minimum atomic E-state index is -0.674. The van der Waals surface area contributed by atoms with Gasteiger partial charge in [0.05, 0.1) is 7.11 Å². The molecule has 0 amide bonds. The molecule has 0 heterocycles. The molecule has 0 aliphatic rings. The van der Waals surface area contributed by atoms with Crippen LogP contribution in [0.5, 0.6) is 5.75 Å². The Balaban J connectivity index is 3.61. The van der Waals surface area contributed by atoms with E-state index in [2.05, 4.69) is 53.7 Å². The van der Waals surface area contributed by atoms with E-state index in [-0.39, 0.29) is 10.8 Å². The van der Waals surface area contributed by atoms with Gasteiger partial charge in [-0.05, 0) is 22.0 Å². The van der Waals surface area contributed by atoms with Crippen LogP contribution >= 0.6 is 9.07 Å². The summed E-state index contributed by atoms with van der Waals surface area (Å²) in [6.07, 6.45) is 0. The van der Waals surface area contributed by atoms with Crippen LogP contribution in [0.4, 0.5) is 0 Å². The molecule has 1 nitrogen and oxygen atoms in total. The van der Waals surface area contributed by atoms with Gasteiger partial charge in [0.15, 0.2) is 0 Å². The summed E-state index contributed by atoms with van der Waals surface area (Å²) in [7, 11) is 7.93. The van der Waals surface area contributed by atoms with Crippen LogP contribution in [0.3, 0.4) is 0 Å². The van der Waals surface area contributed by atoms with Crippen LogP contribution in [-0.4, -0.2) is 26.4 Å². The monoisotopic (exact) mass is 278 g/mol. The summed E-state index contributed by atoms with van der Waals surface area (Å²) in [6.45, 7) is 13.3. The predicted molar refractivity (Wildman–Crippen MR) is 81.6 cm³/mol. The van der Waals surface area contributed by atoms with Crippen molar-refractivity contribution in [1.82, 2.24) is 0 Å². The highest BCUT2D eigenvalue weighted by atomic mass is 35.5. The van der Waals surface area contributed by atoms with E-state index >= 15 is 0 Å². The molecule has 1 aromatic carbocycles. The number of benzene rings is 1. The molecule has 0 bridgehead atoms. The van der Waals surface area contributed by atoms with Gasteiger partial charge in [0.25, 0.3) is 0 Å². The van der Waals surface area contributed by atoms with E-state index in [0.29, 0.717) is 0 Å². The van der Waals surface area contributed by atoms with Crippen LogP contribution in [-0.2, 0) is 10.8 Å². The van der Waals surface area contributed by atoms with Crippen LogP contribution in [0.25, 0.3) is 0 Å². The van der Waals surface area contributed by atoms with Gasteiger partial charge in [0, 0.05) is 0 Å². The average Bonchev–Trinajstić information content (AvgIpc) is 2.24. The molecule has 0 aliphatic heterocycles. The molecular weight excluding hydrogens is 256 g/mol. The lowest BCUT2D eigenvalue weighted by Gasteiger charge is -2.30. The van der Waals surface area contributed by atoms with Gasteiger partial charge in [0.2, 0.25) is 0 Å². The van der Waals surface area contributed by atoms with Crippen LogP contribution in [0, 0.1) is 0 Å². The largest absolute Gasteiger partial charge is 0.538 e. The molecule has 1 rings (SSSR count). The summed E-state index contributed by atoms with van der Waals surface area (Å²) < 4.78 is 7.00. The number of rotatable bonds is 2. The van der Waals surface area contributed by atoms with Gasteiger partial charge in [-0.25, -0.2) is 0 Å². The molecule has 0 radical (unpaired) electrons. The second kappa shape index (κ2) is 5.60. The molecule has 0 saturated carbocycles. The quantitative estimate of drug-likeness (QED) is 0.749. The van der Waals surface area contributed by atoms with Crippen molar-refractivity contribution in [2.45, 2.75) is 52.4 Å². The molecule has 0 unspecified atom stereocenters. The maximum atomic E-state index is 6.16. The van der Waals surface area contributed by atoms with Crippen molar-refractivity contribution in [3.05, 3.63) is 23.3 Å². The summed E-state index contributed by atoms with van der Waals surface area (Å²) in [5, 5.41) is 0. The molecule has 3 heteroatoms. The van der Waals surface area contributed by atoms with Crippen LogP contribution in [0.1, 0.15) is 52.7 Å². The molecule has 0 saturated heterocycles. The van der Waals surface area contributed by atoms with Crippen LogP contribution in [0.15, 0.2) is 12.1 Å². The molecule has 0 N–H and O–H groups in total. The fourth-order valence-corrected chi connectivity index (χ4v) is 3.13. The second-order valence-corrected chi connectivity index (χ2v) is 8.74. The Morgan fingerprint density at radius 3 is 1.56 bits per heavy atom. The van der Waals surface area contributed by atoms with Gasteiger partial charge < -0.3 is 13.8 Å². The molecule has 98 valence electrons. The van der Waals surface area contributed by atoms with Crippen LogP contribution < -0.4 is 8.43 Å². The Labute approximate surface area is 125 Å². The third-order valence-electron chi connectivity index (χ3n) is 3.12. The molecule has 0 fully saturated rings. The zero-order valence-corrected chi connectivity index (χ0v) is 14.8. The van der Waals surface area contributed by atoms with E-state index in [4.69, 9.17) is 13.8 Å². The molecular formula is C15H23ClMgO. The fourth-order valence-electron chi connectivity index (χ4n) is 2.10. The Morgan fingerprint density at radius 1 is 0.944 bits per heavy atom. The average molecular weight is 279 g/mol. The van der Waals surface area contributed by atoms with E-state index in [1.165, 1.54) is 14.8 Å². The highest BCUT2D eigenvalue weighted by Gasteiger charge is 2.27. The zero-order valence-electron chi connectivity index (χ0n) is 12.6.